The van der Waals surface area contributed by atoms with Gasteiger partial charge in [-0.1, -0.05) is 38.5 Å². The van der Waals surface area contributed by atoms with E-state index in [0.29, 0.717) is 0 Å². The van der Waals surface area contributed by atoms with E-state index in [1.165, 1.54) is 23.2 Å². The molecule has 1 aliphatic heterocycles. The van der Waals surface area contributed by atoms with Gasteiger partial charge in [-0.05, 0) is 30.9 Å². The molecule has 1 heterocycles. The van der Waals surface area contributed by atoms with E-state index < -0.39 is 0 Å². The molecule has 1 aromatic rings. The number of hydrogen-bond donors (Lipinski definition) is 1. The maximum Gasteiger partial charge on any atom is 0.0373 e. The predicted molar refractivity (Wildman–Crippen MR) is 63.9 cm³/mol. The number of rotatable bonds is 0. The Morgan fingerprint density at radius 1 is 1.29 bits per heavy atom. The highest BCUT2D eigenvalue weighted by molar-refractivity contribution is 5.54. The van der Waals surface area contributed by atoms with E-state index in [9.17, 15) is 0 Å². The van der Waals surface area contributed by atoms with Crippen LogP contribution in [0.1, 0.15) is 31.9 Å². The molecule has 0 saturated heterocycles. The van der Waals surface area contributed by atoms with E-state index in [-0.39, 0.29) is 0 Å². The van der Waals surface area contributed by atoms with Crippen molar-refractivity contribution in [2.45, 2.75) is 34.1 Å². The first-order valence-corrected chi connectivity index (χ1v) is 5.59. The molecule has 14 heavy (non-hydrogen) atoms. The van der Waals surface area contributed by atoms with E-state index in [1.807, 2.05) is 13.8 Å². The maximum absolute atomic E-state index is 3.44. The fraction of sp³-hybridized carbons (Fsp3) is 0.538. The van der Waals surface area contributed by atoms with Gasteiger partial charge < -0.3 is 5.32 Å². The lowest BCUT2D eigenvalue weighted by molar-refractivity contribution is 0.594. The minimum atomic E-state index is 0.777. The number of fused-ring (bicyclic) bond motifs is 1. The summed E-state index contributed by atoms with van der Waals surface area (Å²) in [6.45, 7) is 9.56. The van der Waals surface area contributed by atoms with Gasteiger partial charge in [-0.3, -0.25) is 0 Å². The van der Waals surface area contributed by atoms with Crippen LogP contribution < -0.4 is 5.32 Å². The number of anilines is 1. The van der Waals surface area contributed by atoms with Crippen molar-refractivity contribution in [1.82, 2.24) is 0 Å². The van der Waals surface area contributed by atoms with Crippen LogP contribution in [0.3, 0.4) is 0 Å². The number of nitrogens with one attached hydrogen (secondary N) is 1. The molecular weight excluding hydrogens is 170 g/mol. The van der Waals surface area contributed by atoms with Crippen molar-refractivity contribution in [3.05, 3.63) is 29.3 Å². The first kappa shape index (κ1) is 11.1. The van der Waals surface area contributed by atoms with Gasteiger partial charge in [0.15, 0.2) is 0 Å². The highest BCUT2D eigenvalue weighted by Crippen LogP contribution is 2.24. The average molecular weight is 191 g/mol. The van der Waals surface area contributed by atoms with Crippen LogP contribution in [0.4, 0.5) is 5.69 Å². The van der Waals surface area contributed by atoms with Gasteiger partial charge in [0.25, 0.3) is 0 Å². The van der Waals surface area contributed by atoms with E-state index >= 15 is 0 Å². The van der Waals surface area contributed by atoms with Gasteiger partial charge in [0.05, 0.1) is 0 Å². The molecule has 1 aliphatic rings. The van der Waals surface area contributed by atoms with Crippen LogP contribution in [0, 0.1) is 12.8 Å². The Hall–Kier alpha value is -0.980. The average Bonchev–Trinajstić information content (AvgIpc) is 2.20. The summed E-state index contributed by atoms with van der Waals surface area (Å²) in [5, 5.41) is 3.44. The summed E-state index contributed by atoms with van der Waals surface area (Å²) < 4.78 is 0. The van der Waals surface area contributed by atoms with Crippen molar-refractivity contribution >= 4 is 5.69 Å². The third-order valence-electron chi connectivity index (χ3n) is 2.47. The van der Waals surface area contributed by atoms with Crippen LogP contribution in [-0.4, -0.2) is 6.54 Å². The molecule has 0 saturated carbocycles. The largest absolute Gasteiger partial charge is 0.385 e. The fourth-order valence-electron chi connectivity index (χ4n) is 1.80. The highest BCUT2D eigenvalue weighted by atomic mass is 14.9. The molecule has 1 N–H and O–H groups in total. The Morgan fingerprint density at radius 3 is 2.71 bits per heavy atom. The maximum atomic E-state index is 3.44. The second-order valence-corrected chi connectivity index (χ2v) is 3.85. The van der Waals surface area contributed by atoms with Crippen molar-refractivity contribution in [3.63, 3.8) is 0 Å². The molecule has 0 radical (unpaired) electrons. The van der Waals surface area contributed by atoms with Crippen LogP contribution in [0.5, 0.6) is 0 Å². The minimum Gasteiger partial charge on any atom is -0.385 e. The second-order valence-electron chi connectivity index (χ2n) is 3.85. The van der Waals surface area contributed by atoms with Gasteiger partial charge in [0.1, 0.15) is 0 Å². The molecule has 0 aliphatic carbocycles. The van der Waals surface area contributed by atoms with Crippen LogP contribution >= 0.6 is 0 Å². The smallest absolute Gasteiger partial charge is 0.0373 e. The summed E-state index contributed by atoms with van der Waals surface area (Å²) in [6, 6.07) is 6.65. The van der Waals surface area contributed by atoms with Gasteiger partial charge in [-0.2, -0.15) is 0 Å². The molecule has 0 bridgehead atoms. The third-order valence-corrected chi connectivity index (χ3v) is 2.47. The number of hydrogen-bond acceptors (Lipinski definition) is 1. The Kier molecular flexibility index (Phi) is 3.99. The first-order valence-electron chi connectivity index (χ1n) is 5.59. The van der Waals surface area contributed by atoms with Crippen LogP contribution in [0.2, 0.25) is 0 Å². The molecule has 0 aromatic heterocycles. The Labute approximate surface area is 87.5 Å². The molecule has 1 aromatic carbocycles. The quantitative estimate of drug-likeness (QED) is 0.660. The number of benzene rings is 1. The lowest BCUT2D eigenvalue weighted by Gasteiger charge is -2.23. The molecule has 0 amide bonds. The minimum absolute atomic E-state index is 0.777. The van der Waals surface area contributed by atoms with E-state index in [4.69, 9.17) is 0 Å². The zero-order chi connectivity index (χ0) is 10.6. The molecule has 0 spiro atoms. The molecule has 1 nitrogen and oxygen atoms in total. The standard InChI is InChI=1S/C11H15N.C2H6/c1-8-3-4-11-10(5-8)6-9(2)7-12-11;1-2/h3-5,9,12H,6-7H2,1-2H3;1-2H3. The van der Waals surface area contributed by atoms with Gasteiger partial charge >= 0.3 is 0 Å². The molecule has 1 heteroatoms. The van der Waals surface area contributed by atoms with Crippen LogP contribution in [0.25, 0.3) is 0 Å². The van der Waals surface area contributed by atoms with Gasteiger partial charge in [-0.15, -0.1) is 0 Å². The topological polar surface area (TPSA) is 12.0 Å². The lowest BCUT2D eigenvalue weighted by Crippen LogP contribution is -2.20. The monoisotopic (exact) mass is 191 g/mol. The Morgan fingerprint density at radius 2 is 2.00 bits per heavy atom. The lowest BCUT2D eigenvalue weighted by atomic mass is 9.94. The summed E-state index contributed by atoms with van der Waals surface area (Å²) in [5.41, 5.74) is 4.18. The van der Waals surface area contributed by atoms with Crippen molar-refractivity contribution in [2.75, 3.05) is 11.9 Å². The Bertz CT molecular complexity index is 291. The molecular formula is C13H21N. The molecule has 1 unspecified atom stereocenters. The highest BCUT2D eigenvalue weighted by Gasteiger charge is 2.13. The predicted octanol–water partition coefficient (Wildman–Crippen LogP) is 3.63. The van der Waals surface area contributed by atoms with E-state index in [2.05, 4.69) is 37.4 Å². The summed E-state index contributed by atoms with van der Waals surface area (Å²) in [6.07, 6.45) is 1.23. The van der Waals surface area contributed by atoms with Crippen molar-refractivity contribution in [3.8, 4) is 0 Å². The third kappa shape index (κ3) is 2.50. The first-order chi connectivity index (χ1) is 6.75. The molecule has 78 valence electrons. The van der Waals surface area contributed by atoms with Gasteiger partial charge in [0.2, 0.25) is 0 Å². The van der Waals surface area contributed by atoms with Crippen molar-refractivity contribution < 1.29 is 0 Å². The van der Waals surface area contributed by atoms with Gasteiger partial charge in [0, 0.05) is 12.2 Å². The molecule has 1 atom stereocenters. The zero-order valence-electron chi connectivity index (χ0n) is 9.72. The summed E-state index contributed by atoms with van der Waals surface area (Å²) in [4.78, 5) is 0. The zero-order valence-corrected chi connectivity index (χ0v) is 9.72. The van der Waals surface area contributed by atoms with Crippen molar-refractivity contribution in [1.29, 1.82) is 0 Å². The van der Waals surface area contributed by atoms with Crippen molar-refractivity contribution in [2.24, 2.45) is 5.92 Å². The van der Waals surface area contributed by atoms with Crippen LogP contribution in [-0.2, 0) is 6.42 Å². The number of aryl methyl sites for hydroxylation is 1. The van der Waals surface area contributed by atoms with Gasteiger partial charge in [-0.25, -0.2) is 0 Å². The Balaban J connectivity index is 0.000000461. The van der Waals surface area contributed by atoms with E-state index in [0.717, 1.165) is 12.5 Å². The fourth-order valence-corrected chi connectivity index (χ4v) is 1.80. The van der Waals surface area contributed by atoms with E-state index in [1.54, 1.807) is 0 Å². The summed E-state index contributed by atoms with van der Waals surface area (Å²) in [5.74, 6) is 0.777. The summed E-state index contributed by atoms with van der Waals surface area (Å²) >= 11 is 0. The summed E-state index contributed by atoms with van der Waals surface area (Å²) in [7, 11) is 0. The second kappa shape index (κ2) is 5.04. The van der Waals surface area contributed by atoms with Crippen LogP contribution in [0.15, 0.2) is 18.2 Å². The molecule has 2 rings (SSSR count). The normalized spacial score (nSPS) is 18.7. The molecule has 0 fully saturated rings. The SMILES string of the molecule is CC.Cc1ccc2c(c1)CC(C)CN2.